The molecule has 0 aliphatic carbocycles. The molecular formula is C17H18F3N2O4+. The Morgan fingerprint density at radius 1 is 1.15 bits per heavy atom. The third-order valence-corrected chi connectivity index (χ3v) is 3.58. The maximum atomic E-state index is 13.9. The van der Waals surface area contributed by atoms with E-state index in [-0.39, 0.29) is 24.5 Å². The quantitative estimate of drug-likeness (QED) is 0.572. The van der Waals surface area contributed by atoms with Gasteiger partial charge in [-0.3, -0.25) is 10.1 Å². The molecule has 0 bridgehead atoms. The van der Waals surface area contributed by atoms with Gasteiger partial charge in [-0.05, 0) is 31.2 Å². The van der Waals surface area contributed by atoms with Crippen LogP contribution in [0.15, 0.2) is 53.1 Å². The molecule has 1 heterocycles. The van der Waals surface area contributed by atoms with E-state index in [0.29, 0.717) is 5.32 Å². The number of hydrogen-bond donors (Lipinski definition) is 2. The number of benzene rings is 1. The summed E-state index contributed by atoms with van der Waals surface area (Å²) in [7, 11) is 0. The second-order valence-corrected chi connectivity index (χ2v) is 5.33. The Labute approximate surface area is 147 Å². The molecule has 1 aromatic heterocycles. The van der Waals surface area contributed by atoms with Crippen molar-refractivity contribution in [2.24, 2.45) is 0 Å². The van der Waals surface area contributed by atoms with Crippen LogP contribution >= 0.6 is 0 Å². The molecule has 0 aliphatic rings. The SMILES string of the molecule is CCOC(=O)[C@@](NC(=O)c1ccccc1)([NH2+]Cc1ccco1)C(F)(F)F. The van der Waals surface area contributed by atoms with E-state index >= 15 is 0 Å². The summed E-state index contributed by atoms with van der Waals surface area (Å²) in [6.07, 6.45) is -3.82. The topological polar surface area (TPSA) is 85.1 Å². The number of rotatable bonds is 7. The second-order valence-electron chi connectivity index (χ2n) is 5.33. The predicted molar refractivity (Wildman–Crippen MR) is 83.7 cm³/mol. The molecule has 26 heavy (non-hydrogen) atoms. The van der Waals surface area contributed by atoms with Crippen LogP contribution in [0.1, 0.15) is 23.0 Å². The molecule has 1 atom stereocenters. The first-order chi connectivity index (χ1) is 12.3. The molecule has 0 saturated carbocycles. The number of nitrogens with two attached hydrogens (primary N) is 1. The number of alkyl halides is 3. The average Bonchev–Trinajstić information content (AvgIpc) is 3.11. The lowest BCUT2D eigenvalue weighted by Crippen LogP contribution is -3.06. The molecule has 3 N–H and O–H groups in total. The van der Waals surface area contributed by atoms with Gasteiger partial charge in [0.25, 0.3) is 5.91 Å². The number of ether oxygens (including phenoxy) is 1. The number of furan rings is 1. The summed E-state index contributed by atoms with van der Waals surface area (Å²) in [4.78, 5) is 24.5. The zero-order valence-electron chi connectivity index (χ0n) is 13.9. The van der Waals surface area contributed by atoms with Gasteiger partial charge >= 0.3 is 17.8 Å². The second kappa shape index (κ2) is 8.05. The Morgan fingerprint density at radius 2 is 1.85 bits per heavy atom. The molecule has 1 amide bonds. The van der Waals surface area contributed by atoms with E-state index in [1.54, 1.807) is 11.4 Å². The molecule has 0 fully saturated rings. The molecule has 140 valence electrons. The normalized spacial score (nSPS) is 13.7. The standard InChI is InChI=1S/C17H17F3N2O4/c1-2-25-15(24)16(17(18,19)20,21-11-13-9-6-10-26-13)22-14(23)12-7-4-3-5-8-12/h3-10,21H,2,11H2,1H3,(H,22,23)/p+1/t16-/m0/s1. The first kappa shape index (κ1) is 19.5. The van der Waals surface area contributed by atoms with E-state index in [2.05, 4.69) is 4.74 Å². The minimum Gasteiger partial charge on any atom is -0.463 e. The predicted octanol–water partition coefficient (Wildman–Crippen LogP) is 1.59. The summed E-state index contributed by atoms with van der Waals surface area (Å²) in [6, 6.07) is 10.3. The fourth-order valence-corrected chi connectivity index (χ4v) is 2.26. The molecule has 2 rings (SSSR count). The van der Waals surface area contributed by atoms with Crippen molar-refractivity contribution in [2.45, 2.75) is 25.3 Å². The molecule has 0 aliphatic heterocycles. The molecule has 2 aromatic rings. The fourth-order valence-electron chi connectivity index (χ4n) is 2.26. The maximum absolute atomic E-state index is 13.9. The molecule has 1 aromatic carbocycles. The van der Waals surface area contributed by atoms with Crippen LogP contribution < -0.4 is 10.6 Å². The van der Waals surface area contributed by atoms with Crippen LogP contribution in [0, 0.1) is 0 Å². The highest BCUT2D eigenvalue weighted by Gasteiger charge is 2.67. The van der Waals surface area contributed by atoms with Gasteiger partial charge in [-0.15, -0.1) is 0 Å². The summed E-state index contributed by atoms with van der Waals surface area (Å²) < 4.78 is 51.2. The molecule has 0 spiro atoms. The third kappa shape index (κ3) is 4.23. The van der Waals surface area contributed by atoms with E-state index < -0.39 is 23.7 Å². The van der Waals surface area contributed by atoms with Crippen molar-refractivity contribution in [3.8, 4) is 0 Å². The number of nitrogens with one attached hydrogen (secondary N) is 1. The van der Waals surface area contributed by atoms with Gasteiger partial charge in [-0.1, -0.05) is 18.2 Å². The highest BCUT2D eigenvalue weighted by molar-refractivity contribution is 5.97. The minimum atomic E-state index is -5.11. The van der Waals surface area contributed by atoms with Gasteiger partial charge in [0.05, 0.1) is 12.9 Å². The van der Waals surface area contributed by atoms with Crippen molar-refractivity contribution in [3.05, 3.63) is 60.1 Å². The molecular weight excluding hydrogens is 353 g/mol. The average molecular weight is 371 g/mol. The van der Waals surface area contributed by atoms with Crippen molar-refractivity contribution in [1.82, 2.24) is 5.32 Å². The van der Waals surface area contributed by atoms with E-state index in [4.69, 9.17) is 4.42 Å². The van der Waals surface area contributed by atoms with Gasteiger partial charge < -0.3 is 14.5 Å². The Bertz CT molecular complexity index is 732. The van der Waals surface area contributed by atoms with Crippen molar-refractivity contribution in [3.63, 3.8) is 0 Å². The molecule has 9 heteroatoms. The zero-order valence-corrected chi connectivity index (χ0v) is 13.9. The first-order valence-electron chi connectivity index (χ1n) is 7.78. The van der Waals surface area contributed by atoms with Gasteiger partial charge in [-0.2, -0.15) is 13.2 Å². The number of esters is 1. The summed E-state index contributed by atoms with van der Waals surface area (Å²) >= 11 is 0. The van der Waals surface area contributed by atoms with Crippen LogP contribution in [0.5, 0.6) is 0 Å². The number of carbonyl (C=O) groups is 2. The van der Waals surface area contributed by atoms with Crippen LogP contribution in [0.3, 0.4) is 0 Å². The Morgan fingerprint density at radius 3 is 2.38 bits per heavy atom. The van der Waals surface area contributed by atoms with Crippen LogP contribution in [-0.2, 0) is 16.1 Å². The number of hydrogen-bond acceptors (Lipinski definition) is 4. The largest absolute Gasteiger partial charge is 0.478 e. The lowest BCUT2D eigenvalue weighted by molar-refractivity contribution is -0.758. The van der Waals surface area contributed by atoms with Crippen molar-refractivity contribution in [1.29, 1.82) is 0 Å². The highest BCUT2D eigenvalue weighted by atomic mass is 19.4. The third-order valence-electron chi connectivity index (χ3n) is 3.58. The lowest BCUT2D eigenvalue weighted by atomic mass is 10.1. The molecule has 0 radical (unpaired) electrons. The highest BCUT2D eigenvalue weighted by Crippen LogP contribution is 2.27. The smallest absolute Gasteiger partial charge is 0.463 e. The van der Waals surface area contributed by atoms with E-state index in [1.807, 2.05) is 0 Å². The number of quaternary nitrogens is 1. The van der Waals surface area contributed by atoms with Crippen LogP contribution in [0.2, 0.25) is 0 Å². The molecule has 6 nitrogen and oxygen atoms in total. The summed E-state index contributed by atoms with van der Waals surface area (Å²) in [6.45, 7) is 0.775. The molecule has 0 unspecified atom stereocenters. The Kier molecular flexibility index (Phi) is 6.04. The van der Waals surface area contributed by atoms with Crippen molar-refractivity contribution < 1.29 is 37.2 Å². The van der Waals surface area contributed by atoms with E-state index in [1.165, 1.54) is 49.6 Å². The number of carbonyl (C=O) groups excluding carboxylic acids is 2. The van der Waals surface area contributed by atoms with Gasteiger partial charge in [-0.25, -0.2) is 4.79 Å². The van der Waals surface area contributed by atoms with E-state index in [0.717, 1.165) is 0 Å². The van der Waals surface area contributed by atoms with Gasteiger partial charge in [0.1, 0.15) is 6.54 Å². The van der Waals surface area contributed by atoms with Gasteiger partial charge in [0, 0.05) is 5.56 Å². The number of halogens is 3. The maximum Gasteiger partial charge on any atom is 0.478 e. The fraction of sp³-hybridized carbons (Fsp3) is 0.294. The molecule has 0 saturated heterocycles. The van der Waals surface area contributed by atoms with Gasteiger partial charge in [0.2, 0.25) is 0 Å². The summed E-state index contributed by atoms with van der Waals surface area (Å²) in [5.41, 5.74) is -3.32. The van der Waals surface area contributed by atoms with Crippen molar-refractivity contribution >= 4 is 11.9 Å². The Hall–Kier alpha value is -2.81. The van der Waals surface area contributed by atoms with E-state index in [9.17, 15) is 22.8 Å². The number of amides is 1. The van der Waals surface area contributed by atoms with Crippen LogP contribution in [0.4, 0.5) is 13.2 Å². The van der Waals surface area contributed by atoms with Gasteiger partial charge in [0.15, 0.2) is 5.76 Å². The van der Waals surface area contributed by atoms with Crippen LogP contribution in [-0.4, -0.2) is 30.3 Å². The first-order valence-corrected chi connectivity index (χ1v) is 7.78. The monoisotopic (exact) mass is 371 g/mol. The summed E-state index contributed by atoms with van der Waals surface area (Å²) in [5.74, 6) is -2.45. The summed E-state index contributed by atoms with van der Waals surface area (Å²) in [5, 5.41) is 2.44. The van der Waals surface area contributed by atoms with Crippen molar-refractivity contribution in [2.75, 3.05) is 6.61 Å². The van der Waals surface area contributed by atoms with Crippen LogP contribution in [0.25, 0.3) is 0 Å². The lowest BCUT2D eigenvalue weighted by Gasteiger charge is -2.31. The Balaban J connectivity index is 2.36. The minimum absolute atomic E-state index is 0.0168. The zero-order chi connectivity index (χ0) is 19.2.